The van der Waals surface area contributed by atoms with Crippen LogP contribution in [-0.4, -0.2) is 29.1 Å². The van der Waals surface area contributed by atoms with Gasteiger partial charge in [-0.05, 0) is 43.5 Å². The molecular weight excluding hydrogens is 214 g/mol. The average molecular weight is 233 g/mol. The summed E-state index contributed by atoms with van der Waals surface area (Å²) in [5.74, 6) is -0.727. The first-order valence-electron chi connectivity index (χ1n) is 6.26. The topological polar surface area (TPSA) is 40.5 Å². The summed E-state index contributed by atoms with van der Waals surface area (Å²) in [6.07, 6.45) is 3.45. The van der Waals surface area contributed by atoms with Crippen molar-refractivity contribution in [2.24, 2.45) is 0 Å². The Morgan fingerprint density at radius 1 is 1.24 bits per heavy atom. The van der Waals surface area contributed by atoms with Crippen molar-refractivity contribution < 1.29 is 9.90 Å². The summed E-state index contributed by atoms with van der Waals surface area (Å²) in [7, 11) is 0. The zero-order valence-electron chi connectivity index (χ0n) is 10.1. The molecule has 0 saturated carbocycles. The summed E-state index contributed by atoms with van der Waals surface area (Å²) < 4.78 is 0. The van der Waals surface area contributed by atoms with E-state index < -0.39 is 5.97 Å². The van der Waals surface area contributed by atoms with Gasteiger partial charge in [0.05, 0.1) is 0 Å². The number of carbonyl (C=O) groups is 1. The molecule has 1 N–H and O–H groups in total. The highest BCUT2D eigenvalue weighted by Gasteiger charge is 2.11. The molecule has 1 aromatic rings. The number of hydrogen-bond acceptors (Lipinski definition) is 2. The third kappa shape index (κ3) is 3.86. The number of hydrogen-bond donors (Lipinski definition) is 1. The Balaban J connectivity index is 1.93. The van der Waals surface area contributed by atoms with Gasteiger partial charge in [0.15, 0.2) is 0 Å². The van der Waals surface area contributed by atoms with Gasteiger partial charge in [-0.1, -0.05) is 24.3 Å². The van der Waals surface area contributed by atoms with Gasteiger partial charge in [-0.3, -0.25) is 9.69 Å². The molecule has 1 aromatic carbocycles. The minimum absolute atomic E-state index is 0.215. The fourth-order valence-electron chi connectivity index (χ4n) is 2.33. The van der Waals surface area contributed by atoms with Gasteiger partial charge < -0.3 is 5.11 Å². The number of aliphatic carboxylic acids is 1. The van der Waals surface area contributed by atoms with Crippen LogP contribution in [0.2, 0.25) is 0 Å². The lowest BCUT2D eigenvalue weighted by Gasteiger charge is -2.15. The highest BCUT2D eigenvalue weighted by Crippen LogP contribution is 2.14. The molecule has 1 saturated heterocycles. The third-order valence-corrected chi connectivity index (χ3v) is 3.22. The largest absolute Gasteiger partial charge is 0.481 e. The minimum Gasteiger partial charge on any atom is -0.481 e. The first-order valence-corrected chi connectivity index (χ1v) is 6.26. The van der Waals surface area contributed by atoms with E-state index in [1.807, 2.05) is 12.1 Å². The van der Waals surface area contributed by atoms with Crippen LogP contribution in [0.15, 0.2) is 24.3 Å². The van der Waals surface area contributed by atoms with Crippen LogP contribution in [-0.2, 0) is 17.8 Å². The monoisotopic (exact) mass is 233 g/mol. The van der Waals surface area contributed by atoms with Crippen molar-refractivity contribution in [1.29, 1.82) is 0 Å². The molecule has 1 heterocycles. The molecule has 0 unspecified atom stereocenters. The molecule has 0 spiro atoms. The molecule has 0 atom stereocenters. The van der Waals surface area contributed by atoms with E-state index in [0.717, 1.165) is 12.1 Å². The zero-order valence-corrected chi connectivity index (χ0v) is 10.1. The summed E-state index contributed by atoms with van der Waals surface area (Å²) in [6.45, 7) is 3.39. The lowest BCUT2D eigenvalue weighted by atomic mass is 10.1. The molecular formula is C14H19NO2. The van der Waals surface area contributed by atoms with Crippen molar-refractivity contribution in [2.75, 3.05) is 13.1 Å². The number of benzene rings is 1. The number of carboxylic acid groups (broad SMARTS) is 1. The van der Waals surface area contributed by atoms with Crippen molar-refractivity contribution in [3.05, 3.63) is 35.4 Å². The highest BCUT2D eigenvalue weighted by atomic mass is 16.4. The number of aryl methyl sites for hydroxylation is 1. The van der Waals surface area contributed by atoms with Gasteiger partial charge in [-0.15, -0.1) is 0 Å². The summed E-state index contributed by atoms with van der Waals surface area (Å²) in [5, 5.41) is 8.67. The standard InChI is InChI=1S/C14H19NO2/c16-14(17)7-6-12-4-3-5-13(10-12)11-15-8-1-2-9-15/h3-5,10H,1-2,6-9,11H2,(H,16,17). The fraction of sp³-hybridized carbons (Fsp3) is 0.500. The van der Waals surface area contributed by atoms with Crippen molar-refractivity contribution in [1.82, 2.24) is 4.90 Å². The summed E-state index contributed by atoms with van der Waals surface area (Å²) in [6, 6.07) is 8.31. The summed E-state index contributed by atoms with van der Waals surface area (Å²) >= 11 is 0. The van der Waals surface area contributed by atoms with E-state index in [1.165, 1.54) is 31.5 Å². The van der Waals surface area contributed by atoms with Crippen LogP contribution in [0.1, 0.15) is 30.4 Å². The molecule has 0 aliphatic carbocycles. The molecule has 1 aliphatic heterocycles. The van der Waals surface area contributed by atoms with Gasteiger partial charge in [0.1, 0.15) is 0 Å². The Labute approximate surface area is 102 Å². The number of nitrogens with zero attached hydrogens (tertiary/aromatic N) is 1. The third-order valence-electron chi connectivity index (χ3n) is 3.22. The lowest BCUT2D eigenvalue weighted by Crippen LogP contribution is -2.18. The molecule has 3 nitrogen and oxygen atoms in total. The molecule has 2 rings (SSSR count). The fourth-order valence-corrected chi connectivity index (χ4v) is 2.33. The van der Waals surface area contributed by atoms with Crippen LogP contribution < -0.4 is 0 Å². The Morgan fingerprint density at radius 2 is 1.94 bits per heavy atom. The second-order valence-corrected chi connectivity index (χ2v) is 4.70. The SMILES string of the molecule is O=C(O)CCc1cccc(CN2CCCC2)c1. The first kappa shape index (κ1) is 12.1. The van der Waals surface area contributed by atoms with E-state index in [1.54, 1.807) is 0 Å². The van der Waals surface area contributed by atoms with Crippen LogP contribution >= 0.6 is 0 Å². The highest BCUT2D eigenvalue weighted by molar-refractivity contribution is 5.67. The number of carboxylic acids is 1. The van der Waals surface area contributed by atoms with E-state index in [2.05, 4.69) is 17.0 Å². The second-order valence-electron chi connectivity index (χ2n) is 4.70. The maximum atomic E-state index is 10.5. The molecule has 0 bridgehead atoms. The van der Waals surface area contributed by atoms with Gasteiger partial charge in [0, 0.05) is 13.0 Å². The molecule has 1 fully saturated rings. The molecule has 0 radical (unpaired) electrons. The van der Waals surface area contributed by atoms with Crippen LogP contribution in [0.5, 0.6) is 0 Å². The van der Waals surface area contributed by atoms with Crippen molar-refractivity contribution >= 4 is 5.97 Å². The van der Waals surface area contributed by atoms with Crippen molar-refractivity contribution in [3.8, 4) is 0 Å². The zero-order chi connectivity index (χ0) is 12.1. The van der Waals surface area contributed by atoms with Gasteiger partial charge in [-0.2, -0.15) is 0 Å². The number of rotatable bonds is 5. The summed E-state index contributed by atoms with van der Waals surface area (Å²) in [5.41, 5.74) is 2.43. The Bertz CT molecular complexity index is 384. The first-order chi connectivity index (χ1) is 8.24. The van der Waals surface area contributed by atoms with E-state index in [-0.39, 0.29) is 6.42 Å². The molecule has 0 amide bonds. The molecule has 3 heteroatoms. The smallest absolute Gasteiger partial charge is 0.303 e. The molecule has 17 heavy (non-hydrogen) atoms. The van der Waals surface area contributed by atoms with E-state index in [4.69, 9.17) is 5.11 Å². The van der Waals surface area contributed by atoms with Gasteiger partial charge >= 0.3 is 5.97 Å². The van der Waals surface area contributed by atoms with Gasteiger partial charge in [0.25, 0.3) is 0 Å². The lowest BCUT2D eigenvalue weighted by molar-refractivity contribution is -0.136. The molecule has 0 aromatic heterocycles. The predicted octanol–water partition coefficient (Wildman–Crippen LogP) is 2.30. The van der Waals surface area contributed by atoms with Gasteiger partial charge in [0.2, 0.25) is 0 Å². The van der Waals surface area contributed by atoms with Crippen LogP contribution in [0.4, 0.5) is 0 Å². The van der Waals surface area contributed by atoms with Gasteiger partial charge in [-0.25, -0.2) is 0 Å². The van der Waals surface area contributed by atoms with Crippen LogP contribution in [0.3, 0.4) is 0 Å². The maximum absolute atomic E-state index is 10.5. The summed E-state index contributed by atoms with van der Waals surface area (Å²) in [4.78, 5) is 13.0. The van der Waals surface area contributed by atoms with Crippen LogP contribution in [0.25, 0.3) is 0 Å². The quantitative estimate of drug-likeness (QED) is 0.848. The Morgan fingerprint density at radius 3 is 2.65 bits per heavy atom. The minimum atomic E-state index is -0.727. The average Bonchev–Trinajstić information content (AvgIpc) is 2.80. The van der Waals surface area contributed by atoms with E-state index in [0.29, 0.717) is 6.42 Å². The van der Waals surface area contributed by atoms with Crippen molar-refractivity contribution in [3.63, 3.8) is 0 Å². The van der Waals surface area contributed by atoms with Crippen LogP contribution in [0, 0.1) is 0 Å². The second kappa shape index (κ2) is 5.82. The van der Waals surface area contributed by atoms with E-state index >= 15 is 0 Å². The Kier molecular flexibility index (Phi) is 4.15. The van der Waals surface area contributed by atoms with E-state index in [9.17, 15) is 4.79 Å². The normalized spacial score (nSPS) is 16.2. The predicted molar refractivity (Wildman–Crippen MR) is 66.9 cm³/mol. The molecule has 92 valence electrons. The number of likely N-dealkylation sites (tertiary alicyclic amines) is 1. The molecule has 1 aliphatic rings. The van der Waals surface area contributed by atoms with Crippen molar-refractivity contribution in [2.45, 2.75) is 32.2 Å². The Hall–Kier alpha value is -1.35. The maximum Gasteiger partial charge on any atom is 0.303 e.